The van der Waals surface area contributed by atoms with Crippen molar-refractivity contribution in [3.05, 3.63) is 194 Å². The monoisotopic (exact) mass is 692 g/mol. The molecule has 2 nitrogen and oxygen atoms in total. The summed E-state index contributed by atoms with van der Waals surface area (Å²) in [5, 5.41) is 6.46. The summed E-state index contributed by atoms with van der Waals surface area (Å²) in [5.74, 6) is 0. The number of para-hydroxylation sites is 2. The molecule has 0 aliphatic carbocycles. The van der Waals surface area contributed by atoms with Crippen LogP contribution in [0, 0.1) is 0 Å². The van der Waals surface area contributed by atoms with Crippen LogP contribution in [0.1, 0.15) is 0 Å². The summed E-state index contributed by atoms with van der Waals surface area (Å²) in [5.41, 5.74) is 13.3. The van der Waals surface area contributed by atoms with Crippen molar-refractivity contribution in [2.24, 2.45) is 0 Å². The SMILES string of the molecule is c1ccc(-c2ccc3c(c2)c2cc(-c4ccccc4)ccc2n3-c2ccc(-c3ccc4c(c3)sc3c4c4ccccc4n3-c3ccccc3)cc2)cc1. The van der Waals surface area contributed by atoms with Crippen LogP contribution in [0.25, 0.3) is 97.8 Å². The molecule has 248 valence electrons. The van der Waals surface area contributed by atoms with E-state index in [0.29, 0.717) is 0 Å². The van der Waals surface area contributed by atoms with E-state index in [-0.39, 0.29) is 0 Å². The molecule has 0 aliphatic rings. The molecule has 0 fully saturated rings. The molecule has 0 saturated heterocycles. The molecule has 0 radical (unpaired) electrons. The Labute approximate surface area is 311 Å². The minimum absolute atomic E-state index is 1.15. The van der Waals surface area contributed by atoms with E-state index in [9.17, 15) is 0 Å². The third kappa shape index (κ3) is 4.78. The molecule has 0 aliphatic heterocycles. The average Bonchev–Trinajstić information content (AvgIpc) is 3.88. The van der Waals surface area contributed by atoms with Crippen LogP contribution in [0.3, 0.4) is 0 Å². The Balaban J connectivity index is 1.03. The highest BCUT2D eigenvalue weighted by molar-refractivity contribution is 7.25. The van der Waals surface area contributed by atoms with Crippen LogP contribution in [0.15, 0.2) is 194 Å². The minimum atomic E-state index is 1.15. The fourth-order valence-corrected chi connectivity index (χ4v) is 9.52. The molecular formula is C50H32N2S. The van der Waals surface area contributed by atoms with Gasteiger partial charge in [0.2, 0.25) is 0 Å². The van der Waals surface area contributed by atoms with Crippen LogP contribution in [-0.4, -0.2) is 9.13 Å². The van der Waals surface area contributed by atoms with Gasteiger partial charge in [0.25, 0.3) is 0 Å². The summed E-state index contributed by atoms with van der Waals surface area (Å²) in [4.78, 5) is 1.29. The Hall–Kier alpha value is -6.68. The summed E-state index contributed by atoms with van der Waals surface area (Å²) in [6.45, 7) is 0. The predicted molar refractivity (Wildman–Crippen MR) is 227 cm³/mol. The van der Waals surface area contributed by atoms with Gasteiger partial charge in [0.1, 0.15) is 4.83 Å². The first-order valence-electron chi connectivity index (χ1n) is 18.1. The van der Waals surface area contributed by atoms with Crippen LogP contribution < -0.4 is 0 Å². The second-order valence-corrected chi connectivity index (χ2v) is 14.8. The summed E-state index contributed by atoms with van der Waals surface area (Å²) in [6, 6.07) is 70.7. The van der Waals surface area contributed by atoms with E-state index >= 15 is 0 Å². The molecule has 0 saturated carbocycles. The van der Waals surface area contributed by atoms with Crippen molar-refractivity contribution in [2.45, 2.75) is 0 Å². The average molecular weight is 693 g/mol. The van der Waals surface area contributed by atoms with Gasteiger partial charge >= 0.3 is 0 Å². The van der Waals surface area contributed by atoms with Gasteiger partial charge in [0.15, 0.2) is 0 Å². The van der Waals surface area contributed by atoms with Gasteiger partial charge in [-0.3, -0.25) is 0 Å². The summed E-state index contributed by atoms with van der Waals surface area (Å²) in [6.07, 6.45) is 0. The largest absolute Gasteiger partial charge is 0.309 e. The first kappa shape index (κ1) is 30.0. The van der Waals surface area contributed by atoms with E-state index in [1.807, 2.05) is 11.3 Å². The summed E-state index contributed by atoms with van der Waals surface area (Å²) < 4.78 is 6.14. The number of aromatic nitrogens is 2. The topological polar surface area (TPSA) is 9.86 Å². The fourth-order valence-electron chi connectivity index (χ4n) is 8.23. The number of fused-ring (bicyclic) bond motifs is 8. The van der Waals surface area contributed by atoms with E-state index in [4.69, 9.17) is 0 Å². The van der Waals surface area contributed by atoms with Crippen molar-refractivity contribution >= 4 is 64.3 Å². The van der Waals surface area contributed by atoms with Crippen LogP contribution >= 0.6 is 11.3 Å². The highest BCUT2D eigenvalue weighted by atomic mass is 32.1. The molecule has 0 N–H and O–H groups in total. The lowest BCUT2D eigenvalue weighted by Crippen LogP contribution is -1.94. The lowest BCUT2D eigenvalue weighted by molar-refractivity contribution is 1.18. The van der Waals surface area contributed by atoms with E-state index in [0.717, 1.165) is 5.69 Å². The lowest BCUT2D eigenvalue weighted by atomic mass is 10.0. The molecule has 11 rings (SSSR count). The Kier molecular flexibility index (Phi) is 6.76. The number of hydrogen-bond acceptors (Lipinski definition) is 1. The van der Waals surface area contributed by atoms with Gasteiger partial charge in [-0.25, -0.2) is 0 Å². The molecule has 0 bridgehead atoms. The zero-order valence-electron chi connectivity index (χ0n) is 28.8. The molecule has 3 aromatic heterocycles. The van der Waals surface area contributed by atoms with Gasteiger partial charge in [-0.1, -0.05) is 133 Å². The van der Waals surface area contributed by atoms with Crippen LogP contribution in [0.5, 0.6) is 0 Å². The maximum atomic E-state index is 2.42. The summed E-state index contributed by atoms with van der Waals surface area (Å²) in [7, 11) is 0. The molecule has 0 amide bonds. The van der Waals surface area contributed by atoms with Crippen molar-refractivity contribution in [2.75, 3.05) is 0 Å². The van der Waals surface area contributed by atoms with Gasteiger partial charge in [-0.2, -0.15) is 0 Å². The molecule has 11 aromatic rings. The van der Waals surface area contributed by atoms with Gasteiger partial charge in [-0.05, 0) is 94.0 Å². The van der Waals surface area contributed by atoms with Gasteiger partial charge in [0, 0.05) is 43.0 Å². The molecule has 3 heteroatoms. The van der Waals surface area contributed by atoms with Crippen molar-refractivity contribution in [3.8, 4) is 44.8 Å². The third-order valence-electron chi connectivity index (χ3n) is 10.7. The Bertz CT molecular complexity index is 3030. The van der Waals surface area contributed by atoms with E-state index in [1.165, 1.54) is 92.1 Å². The van der Waals surface area contributed by atoms with Crippen LogP contribution in [0.2, 0.25) is 0 Å². The molecule has 8 aromatic carbocycles. The van der Waals surface area contributed by atoms with Gasteiger partial charge < -0.3 is 9.13 Å². The quantitative estimate of drug-likeness (QED) is 0.170. The Morgan fingerprint density at radius 3 is 1.42 bits per heavy atom. The van der Waals surface area contributed by atoms with Crippen molar-refractivity contribution in [1.82, 2.24) is 9.13 Å². The predicted octanol–water partition coefficient (Wildman–Crippen LogP) is 14.1. The minimum Gasteiger partial charge on any atom is -0.309 e. The van der Waals surface area contributed by atoms with Gasteiger partial charge in [0.05, 0.1) is 16.6 Å². The number of benzene rings is 8. The number of hydrogen-bond donors (Lipinski definition) is 0. The second kappa shape index (κ2) is 11.9. The van der Waals surface area contributed by atoms with Crippen LogP contribution in [-0.2, 0) is 0 Å². The van der Waals surface area contributed by atoms with Gasteiger partial charge in [-0.15, -0.1) is 11.3 Å². The normalized spacial score (nSPS) is 11.8. The van der Waals surface area contributed by atoms with E-state index < -0.39 is 0 Å². The highest BCUT2D eigenvalue weighted by Crippen LogP contribution is 2.44. The van der Waals surface area contributed by atoms with Crippen LogP contribution in [0.4, 0.5) is 0 Å². The lowest BCUT2D eigenvalue weighted by Gasteiger charge is -2.10. The third-order valence-corrected chi connectivity index (χ3v) is 11.9. The zero-order chi connectivity index (χ0) is 34.9. The zero-order valence-corrected chi connectivity index (χ0v) is 29.6. The molecule has 3 heterocycles. The second-order valence-electron chi connectivity index (χ2n) is 13.8. The Morgan fingerprint density at radius 2 is 0.774 bits per heavy atom. The molecule has 0 unspecified atom stereocenters. The summed E-state index contributed by atoms with van der Waals surface area (Å²) >= 11 is 1.88. The molecular weight excluding hydrogens is 661 g/mol. The number of rotatable bonds is 5. The molecule has 53 heavy (non-hydrogen) atoms. The maximum absolute atomic E-state index is 2.42. The van der Waals surface area contributed by atoms with E-state index in [1.54, 1.807) is 0 Å². The highest BCUT2D eigenvalue weighted by Gasteiger charge is 2.19. The fraction of sp³-hybridized carbons (Fsp3) is 0. The molecule has 0 spiro atoms. The van der Waals surface area contributed by atoms with Crippen molar-refractivity contribution < 1.29 is 0 Å². The first-order valence-corrected chi connectivity index (χ1v) is 18.9. The first-order chi connectivity index (χ1) is 26.3. The standard InChI is InChI=1S/C50H32N2S/c1-4-12-33(13-5-1)36-23-28-46-43(30-36)44-31-37(34-14-6-2-7-15-34)24-29-47(44)51(46)40-25-20-35(21-26-40)38-22-27-42-48(32-38)53-50-49(42)41-18-10-11-19-45(41)52(50)39-16-8-3-9-17-39/h1-32H. The van der Waals surface area contributed by atoms with Crippen molar-refractivity contribution in [3.63, 3.8) is 0 Å². The van der Waals surface area contributed by atoms with E-state index in [2.05, 4.69) is 203 Å². The van der Waals surface area contributed by atoms with Crippen molar-refractivity contribution in [1.29, 1.82) is 0 Å². The smallest absolute Gasteiger partial charge is 0.109 e. The number of thiophene rings is 1. The maximum Gasteiger partial charge on any atom is 0.109 e. The number of nitrogens with zero attached hydrogens (tertiary/aromatic N) is 2. The molecule has 0 atom stereocenters. The Morgan fingerprint density at radius 1 is 0.302 bits per heavy atom.